The Labute approximate surface area is 189 Å². The van der Waals surface area contributed by atoms with E-state index >= 15 is 0 Å². The minimum absolute atomic E-state index is 0.184. The van der Waals surface area contributed by atoms with Crippen LogP contribution in [0.25, 0.3) is 0 Å². The Bertz CT molecular complexity index is 999. The number of rotatable bonds is 9. The monoisotopic (exact) mass is 469 g/mol. The number of ether oxygens (including phenoxy) is 4. The molecule has 0 aliphatic heterocycles. The van der Waals surface area contributed by atoms with Crippen LogP contribution in [0.2, 0.25) is 5.02 Å². The van der Waals surface area contributed by atoms with Gasteiger partial charge in [0.15, 0.2) is 17.3 Å². The second-order valence-corrected chi connectivity index (χ2v) is 6.79. The Morgan fingerprint density at radius 1 is 0.968 bits per heavy atom. The van der Waals surface area contributed by atoms with E-state index in [0.717, 1.165) is 4.42 Å². The van der Waals surface area contributed by atoms with E-state index in [-0.39, 0.29) is 16.4 Å². The van der Waals surface area contributed by atoms with Gasteiger partial charge in [-0.1, -0.05) is 11.6 Å². The van der Waals surface area contributed by atoms with Crippen LogP contribution in [0.15, 0.2) is 40.6 Å². The van der Waals surface area contributed by atoms with Crippen molar-refractivity contribution >= 4 is 46.4 Å². The van der Waals surface area contributed by atoms with E-state index < -0.39 is 17.7 Å². The standard InChI is InChI=1S/C20H21Cl2N3O6/c1-11(26)18(24-23-12-8-14(21)19(31-5)17(9-12)30-4)20(27)25(22)15-10-13(28-2)6-7-16(15)29-3/h6-10,18H,1-5H3. The molecule has 0 radical (unpaired) electrons. The fourth-order valence-corrected chi connectivity index (χ4v) is 3.07. The van der Waals surface area contributed by atoms with Crippen LogP contribution in [0.5, 0.6) is 23.0 Å². The third-order valence-corrected chi connectivity index (χ3v) is 4.75. The topological polar surface area (TPSA) is 99.0 Å². The summed E-state index contributed by atoms with van der Waals surface area (Å²) < 4.78 is 21.5. The molecule has 0 bridgehead atoms. The number of methoxy groups -OCH3 is 4. The summed E-state index contributed by atoms with van der Waals surface area (Å²) in [5.74, 6) is -0.0109. The Morgan fingerprint density at radius 2 is 1.65 bits per heavy atom. The van der Waals surface area contributed by atoms with Crippen LogP contribution in [0.3, 0.4) is 0 Å². The van der Waals surface area contributed by atoms with E-state index in [9.17, 15) is 9.59 Å². The number of azo groups is 1. The molecule has 1 atom stereocenters. The summed E-state index contributed by atoms with van der Waals surface area (Å²) in [6.07, 6.45) is 0. The van der Waals surface area contributed by atoms with E-state index in [2.05, 4.69) is 10.2 Å². The molecule has 31 heavy (non-hydrogen) atoms. The number of hydrogen-bond acceptors (Lipinski definition) is 8. The molecule has 2 rings (SSSR count). The molecule has 0 saturated carbocycles. The lowest BCUT2D eigenvalue weighted by Gasteiger charge is -2.19. The SMILES string of the molecule is COc1ccc(OC)c(N(Cl)C(=O)C(N=Nc2cc(Cl)c(OC)c(OC)c2)C(C)=O)c1. The summed E-state index contributed by atoms with van der Waals surface area (Å²) >= 11 is 12.4. The molecule has 0 N–H and O–H groups in total. The highest BCUT2D eigenvalue weighted by atomic mass is 35.5. The summed E-state index contributed by atoms with van der Waals surface area (Å²) in [4.78, 5) is 25.0. The first kappa shape index (κ1) is 24.2. The summed E-state index contributed by atoms with van der Waals surface area (Å²) in [6, 6.07) is 6.16. The van der Waals surface area contributed by atoms with Crippen LogP contribution in [0.1, 0.15) is 6.92 Å². The molecule has 0 heterocycles. The first-order valence-corrected chi connectivity index (χ1v) is 9.53. The minimum atomic E-state index is -1.50. The van der Waals surface area contributed by atoms with Gasteiger partial charge in [-0.3, -0.25) is 9.59 Å². The molecule has 1 amide bonds. The summed E-state index contributed by atoms with van der Waals surface area (Å²) in [7, 11) is 5.76. The van der Waals surface area contributed by atoms with E-state index in [0.29, 0.717) is 23.0 Å². The molecule has 0 spiro atoms. The average Bonchev–Trinajstić information content (AvgIpc) is 2.77. The van der Waals surface area contributed by atoms with Crippen molar-refractivity contribution in [1.29, 1.82) is 0 Å². The smallest absolute Gasteiger partial charge is 0.276 e. The number of halogens is 2. The first-order valence-electron chi connectivity index (χ1n) is 8.81. The van der Waals surface area contributed by atoms with Crippen molar-refractivity contribution in [3.8, 4) is 23.0 Å². The molecule has 1 unspecified atom stereocenters. The maximum Gasteiger partial charge on any atom is 0.276 e. The molecule has 166 valence electrons. The zero-order valence-corrected chi connectivity index (χ0v) is 19.0. The molecular formula is C20H21Cl2N3O6. The normalized spacial score (nSPS) is 11.7. The zero-order chi connectivity index (χ0) is 23.1. The Kier molecular flexibility index (Phi) is 8.47. The predicted octanol–water partition coefficient (Wildman–Crippen LogP) is 4.60. The van der Waals surface area contributed by atoms with Crippen molar-refractivity contribution in [3.63, 3.8) is 0 Å². The number of hydrogen-bond donors (Lipinski definition) is 0. The lowest BCUT2D eigenvalue weighted by atomic mass is 10.2. The van der Waals surface area contributed by atoms with E-state index in [4.69, 9.17) is 42.3 Å². The lowest BCUT2D eigenvalue weighted by molar-refractivity contribution is -0.126. The van der Waals surface area contributed by atoms with Gasteiger partial charge >= 0.3 is 0 Å². The van der Waals surface area contributed by atoms with Gasteiger partial charge in [0.2, 0.25) is 6.04 Å². The van der Waals surface area contributed by atoms with Crippen molar-refractivity contribution in [2.75, 3.05) is 32.9 Å². The Balaban J connectivity index is 2.38. The number of ketones is 1. The first-order chi connectivity index (χ1) is 14.8. The van der Waals surface area contributed by atoms with E-state index in [1.165, 1.54) is 53.6 Å². The molecule has 11 heteroatoms. The lowest BCUT2D eigenvalue weighted by Crippen LogP contribution is -2.36. The van der Waals surface area contributed by atoms with E-state index in [1.54, 1.807) is 12.1 Å². The van der Waals surface area contributed by atoms with Gasteiger partial charge in [0, 0.05) is 23.9 Å². The number of anilines is 1. The highest BCUT2D eigenvalue weighted by Gasteiger charge is 2.30. The maximum absolute atomic E-state index is 12.9. The maximum atomic E-state index is 12.9. The van der Waals surface area contributed by atoms with Gasteiger partial charge in [0.25, 0.3) is 5.91 Å². The van der Waals surface area contributed by atoms with Crippen molar-refractivity contribution in [2.24, 2.45) is 10.2 Å². The van der Waals surface area contributed by atoms with Gasteiger partial charge in [-0.25, -0.2) is 4.42 Å². The van der Waals surface area contributed by atoms with Gasteiger partial charge in [0.05, 0.1) is 39.1 Å². The minimum Gasteiger partial charge on any atom is -0.497 e. The predicted molar refractivity (Wildman–Crippen MR) is 116 cm³/mol. The molecule has 0 aromatic heterocycles. The van der Waals surface area contributed by atoms with Crippen molar-refractivity contribution in [2.45, 2.75) is 13.0 Å². The summed E-state index contributed by atoms with van der Waals surface area (Å²) in [6.45, 7) is 1.21. The van der Waals surface area contributed by atoms with Crippen molar-refractivity contribution < 1.29 is 28.5 Å². The number of carbonyl (C=O) groups excluding carboxylic acids is 2. The van der Waals surface area contributed by atoms with Gasteiger partial charge < -0.3 is 18.9 Å². The molecule has 2 aromatic carbocycles. The van der Waals surface area contributed by atoms with Crippen molar-refractivity contribution in [1.82, 2.24) is 0 Å². The number of amides is 1. The van der Waals surface area contributed by atoms with Crippen LogP contribution in [0, 0.1) is 0 Å². The highest BCUT2D eigenvalue weighted by Crippen LogP contribution is 2.39. The zero-order valence-electron chi connectivity index (χ0n) is 17.5. The van der Waals surface area contributed by atoms with Crippen LogP contribution < -0.4 is 23.4 Å². The van der Waals surface area contributed by atoms with Crippen LogP contribution in [-0.4, -0.2) is 46.2 Å². The van der Waals surface area contributed by atoms with Crippen molar-refractivity contribution in [3.05, 3.63) is 35.4 Å². The van der Waals surface area contributed by atoms with Gasteiger partial charge in [-0.2, -0.15) is 10.2 Å². The van der Waals surface area contributed by atoms with Crippen LogP contribution >= 0.6 is 23.4 Å². The molecule has 0 fully saturated rings. The number of carbonyl (C=O) groups is 2. The third-order valence-electron chi connectivity index (χ3n) is 4.12. The van der Waals surface area contributed by atoms with Gasteiger partial charge in [-0.05, 0) is 25.1 Å². The van der Waals surface area contributed by atoms with Crippen LogP contribution in [-0.2, 0) is 9.59 Å². The summed E-state index contributed by atoms with van der Waals surface area (Å²) in [5, 5.41) is 8.07. The largest absolute Gasteiger partial charge is 0.497 e. The molecule has 0 aliphatic carbocycles. The summed E-state index contributed by atoms with van der Waals surface area (Å²) in [5.41, 5.74) is 0.436. The van der Waals surface area contributed by atoms with Crippen LogP contribution in [0.4, 0.5) is 11.4 Å². The average molecular weight is 470 g/mol. The molecule has 9 nitrogen and oxygen atoms in total. The molecular weight excluding hydrogens is 449 g/mol. The quantitative estimate of drug-likeness (QED) is 0.302. The van der Waals surface area contributed by atoms with Gasteiger partial charge in [0.1, 0.15) is 17.2 Å². The second-order valence-electron chi connectivity index (χ2n) is 6.05. The Hall–Kier alpha value is -3.04. The number of Topliss-reactive ketones (excluding diaryl/α,β-unsaturated/α-hetero) is 1. The molecule has 2 aromatic rings. The Morgan fingerprint density at radius 3 is 2.19 bits per heavy atom. The fraction of sp³-hybridized carbons (Fsp3) is 0.300. The van der Waals surface area contributed by atoms with E-state index in [1.807, 2.05) is 0 Å². The number of nitrogens with zero attached hydrogens (tertiary/aromatic N) is 3. The molecule has 0 aliphatic rings. The highest BCUT2D eigenvalue weighted by molar-refractivity contribution is 6.39. The number of benzene rings is 2. The molecule has 0 saturated heterocycles. The van der Waals surface area contributed by atoms with Gasteiger partial charge in [-0.15, -0.1) is 0 Å². The third kappa shape index (κ3) is 5.56. The fourth-order valence-electron chi connectivity index (χ4n) is 2.57. The second kappa shape index (κ2) is 10.8.